The molecule has 0 aromatic heterocycles. The summed E-state index contributed by atoms with van der Waals surface area (Å²) < 4.78 is 30.4. The molecule has 0 spiro atoms. The predicted molar refractivity (Wildman–Crippen MR) is 153 cm³/mol. The van der Waals surface area contributed by atoms with Crippen molar-refractivity contribution in [2.24, 2.45) is 5.41 Å². The van der Waals surface area contributed by atoms with Crippen LogP contribution in [-0.4, -0.2) is 32.2 Å². The molecule has 0 bridgehead atoms. The molecule has 1 aliphatic rings. The van der Waals surface area contributed by atoms with Crippen molar-refractivity contribution < 1.29 is 22.7 Å². The Kier molecular flexibility index (Phi) is 7.49. The molecule has 39 heavy (non-hydrogen) atoms. The number of rotatable bonds is 5. The Balaban J connectivity index is 1.53. The number of anilines is 1. The van der Waals surface area contributed by atoms with Crippen molar-refractivity contribution in [1.29, 1.82) is 0 Å². The minimum Gasteiger partial charge on any atom is -0.410 e. The van der Waals surface area contributed by atoms with Gasteiger partial charge in [-0.25, -0.2) is 17.9 Å². The molecule has 0 saturated carbocycles. The number of carbonyl (C=O) groups excluding carboxylic acids is 2. The number of benzene rings is 3. The van der Waals surface area contributed by atoms with Crippen molar-refractivity contribution in [3.63, 3.8) is 0 Å². The van der Waals surface area contributed by atoms with E-state index in [1.807, 2.05) is 55.8 Å². The van der Waals surface area contributed by atoms with Gasteiger partial charge in [0.25, 0.3) is 5.91 Å². The molecular weight excluding hydrogens is 514 g/mol. The summed E-state index contributed by atoms with van der Waals surface area (Å²) in [6.45, 7) is 10.0. The summed E-state index contributed by atoms with van der Waals surface area (Å²) in [5.41, 5.74) is 4.75. The van der Waals surface area contributed by atoms with Crippen molar-refractivity contribution >= 4 is 27.7 Å². The van der Waals surface area contributed by atoms with E-state index in [9.17, 15) is 18.0 Å². The number of hydrogen-bond acceptors (Lipinski definition) is 6. The number of hydrogen-bond donors (Lipinski definition) is 3. The standard InChI is InChI=1S/C30H35N3O5S/c1-29(2,3)32-28(35)38-24-13-10-19(11-14-24)20-8-7-9-21(16-20)26-30(4,5)18-23-17-22(12-15-25(23)31-26)27(34)33-39(6,36)37/h7-17,26,31H,18H2,1-6H3,(H,32,35)(H,33,34). The largest absolute Gasteiger partial charge is 0.413 e. The van der Waals surface area contributed by atoms with Crippen LogP contribution in [0, 0.1) is 5.41 Å². The second kappa shape index (κ2) is 10.4. The van der Waals surface area contributed by atoms with Crippen molar-refractivity contribution in [2.45, 2.75) is 52.6 Å². The average molecular weight is 550 g/mol. The molecule has 3 aromatic carbocycles. The molecule has 9 heteroatoms. The van der Waals surface area contributed by atoms with Gasteiger partial charge in [0.1, 0.15) is 5.75 Å². The van der Waals surface area contributed by atoms with Crippen molar-refractivity contribution in [3.05, 3.63) is 83.4 Å². The van der Waals surface area contributed by atoms with Gasteiger partial charge in [-0.2, -0.15) is 0 Å². The number of fused-ring (bicyclic) bond motifs is 1. The first-order chi connectivity index (χ1) is 18.1. The number of amides is 2. The predicted octanol–water partition coefficient (Wildman–Crippen LogP) is 5.67. The summed E-state index contributed by atoms with van der Waals surface area (Å²) in [6.07, 6.45) is 1.17. The van der Waals surface area contributed by atoms with Crippen LogP contribution >= 0.6 is 0 Å². The van der Waals surface area contributed by atoms with Gasteiger partial charge in [-0.15, -0.1) is 0 Å². The third-order valence-electron chi connectivity index (χ3n) is 6.47. The second-order valence-electron chi connectivity index (χ2n) is 11.7. The maximum atomic E-state index is 12.4. The van der Waals surface area contributed by atoms with Crippen LogP contribution in [0.2, 0.25) is 0 Å². The molecule has 0 fully saturated rings. The van der Waals surface area contributed by atoms with Crippen LogP contribution in [0.1, 0.15) is 62.1 Å². The highest BCUT2D eigenvalue weighted by molar-refractivity contribution is 7.89. The summed E-state index contributed by atoms with van der Waals surface area (Å²) in [5, 5.41) is 6.41. The van der Waals surface area contributed by atoms with Gasteiger partial charge in [-0.1, -0.05) is 44.2 Å². The highest BCUT2D eigenvalue weighted by atomic mass is 32.2. The number of carbonyl (C=O) groups is 2. The molecular formula is C30H35N3O5S. The molecule has 8 nitrogen and oxygen atoms in total. The molecule has 0 aliphatic carbocycles. The van der Waals surface area contributed by atoms with E-state index in [0.717, 1.165) is 34.2 Å². The Bertz CT molecular complexity index is 1510. The first-order valence-electron chi connectivity index (χ1n) is 12.7. The molecule has 1 atom stereocenters. The smallest absolute Gasteiger partial charge is 0.410 e. The summed E-state index contributed by atoms with van der Waals surface area (Å²) in [7, 11) is -3.64. The molecule has 0 saturated heterocycles. The van der Waals surface area contributed by atoms with Gasteiger partial charge in [-0.05, 0) is 91.3 Å². The van der Waals surface area contributed by atoms with E-state index in [4.69, 9.17) is 4.74 Å². The Morgan fingerprint density at radius 1 is 0.974 bits per heavy atom. The zero-order valence-corrected chi connectivity index (χ0v) is 23.9. The van der Waals surface area contributed by atoms with Crippen LogP contribution in [0.3, 0.4) is 0 Å². The quantitative estimate of drug-likeness (QED) is 0.378. The lowest BCUT2D eigenvalue weighted by atomic mass is 9.72. The van der Waals surface area contributed by atoms with Crippen molar-refractivity contribution in [2.75, 3.05) is 11.6 Å². The van der Waals surface area contributed by atoms with Gasteiger partial charge in [-0.3, -0.25) is 4.79 Å². The molecule has 0 radical (unpaired) electrons. The third kappa shape index (κ3) is 7.17. The van der Waals surface area contributed by atoms with Gasteiger partial charge in [0.2, 0.25) is 10.0 Å². The van der Waals surface area contributed by atoms with Crippen LogP contribution in [0.25, 0.3) is 11.1 Å². The number of ether oxygens (including phenoxy) is 1. The van der Waals surface area contributed by atoms with Crippen molar-refractivity contribution in [1.82, 2.24) is 10.0 Å². The van der Waals surface area contributed by atoms with E-state index >= 15 is 0 Å². The van der Waals surface area contributed by atoms with Crippen LogP contribution < -0.4 is 20.1 Å². The fourth-order valence-corrected chi connectivity index (χ4v) is 5.23. The first-order valence-corrected chi connectivity index (χ1v) is 14.6. The third-order valence-corrected chi connectivity index (χ3v) is 7.02. The molecule has 3 aromatic rings. The Morgan fingerprint density at radius 3 is 2.31 bits per heavy atom. The summed E-state index contributed by atoms with van der Waals surface area (Å²) in [6, 6.07) is 20.9. The highest BCUT2D eigenvalue weighted by Crippen LogP contribution is 2.45. The zero-order valence-electron chi connectivity index (χ0n) is 23.1. The lowest BCUT2D eigenvalue weighted by molar-refractivity contribution is 0.0981. The lowest BCUT2D eigenvalue weighted by Crippen LogP contribution is -2.42. The maximum Gasteiger partial charge on any atom is 0.413 e. The Hall–Kier alpha value is -3.85. The molecule has 3 N–H and O–H groups in total. The van der Waals surface area contributed by atoms with E-state index in [2.05, 4.69) is 36.6 Å². The van der Waals surface area contributed by atoms with E-state index in [0.29, 0.717) is 17.7 Å². The summed E-state index contributed by atoms with van der Waals surface area (Å²) in [5.74, 6) is -0.174. The molecule has 1 unspecified atom stereocenters. The van der Waals surface area contributed by atoms with E-state index < -0.39 is 22.0 Å². The van der Waals surface area contributed by atoms with Crippen LogP contribution in [0.4, 0.5) is 10.5 Å². The summed E-state index contributed by atoms with van der Waals surface area (Å²) in [4.78, 5) is 24.4. The van der Waals surface area contributed by atoms with Gasteiger partial charge < -0.3 is 15.4 Å². The van der Waals surface area contributed by atoms with Gasteiger partial charge >= 0.3 is 6.09 Å². The maximum absolute atomic E-state index is 12.4. The zero-order chi connectivity index (χ0) is 28.6. The average Bonchev–Trinajstić information content (AvgIpc) is 2.81. The van der Waals surface area contributed by atoms with Crippen LogP contribution in [0.5, 0.6) is 5.75 Å². The van der Waals surface area contributed by atoms with Gasteiger partial charge in [0.05, 0.1) is 12.3 Å². The molecule has 4 rings (SSSR count). The van der Waals surface area contributed by atoms with E-state index in [1.54, 1.807) is 24.3 Å². The van der Waals surface area contributed by atoms with E-state index in [1.165, 1.54) is 0 Å². The highest BCUT2D eigenvalue weighted by Gasteiger charge is 2.36. The minimum absolute atomic E-state index is 0.00402. The van der Waals surface area contributed by atoms with Crippen LogP contribution in [-0.2, 0) is 16.4 Å². The molecule has 206 valence electrons. The first kappa shape index (κ1) is 28.2. The van der Waals surface area contributed by atoms with Crippen molar-refractivity contribution in [3.8, 4) is 16.9 Å². The SMILES string of the molecule is CC(C)(C)NC(=O)Oc1ccc(-c2cccc(C3Nc4ccc(C(=O)NS(C)(=O)=O)cc4CC3(C)C)c2)cc1. The fourth-order valence-electron chi connectivity index (χ4n) is 4.78. The van der Waals surface area contributed by atoms with Crippen LogP contribution in [0.15, 0.2) is 66.7 Å². The summed E-state index contributed by atoms with van der Waals surface area (Å²) >= 11 is 0. The Labute approximate surface area is 230 Å². The fraction of sp³-hybridized carbons (Fsp3) is 0.333. The minimum atomic E-state index is -3.64. The lowest BCUT2D eigenvalue weighted by Gasteiger charge is -2.41. The van der Waals surface area contributed by atoms with E-state index in [-0.39, 0.29) is 17.0 Å². The molecule has 1 aliphatic heterocycles. The molecule has 2 amide bonds. The topological polar surface area (TPSA) is 114 Å². The van der Waals surface area contributed by atoms with Gasteiger partial charge in [0, 0.05) is 16.8 Å². The number of nitrogens with one attached hydrogen (secondary N) is 3. The Morgan fingerprint density at radius 2 is 1.67 bits per heavy atom. The molecule has 1 heterocycles. The number of sulfonamides is 1. The van der Waals surface area contributed by atoms with Gasteiger partial charge in [0.15, 0.2) is 0 Å². The second-order valence-corrected chi connectivity index (χ2v) is 13.5. The monoisotopic (exact) mass is 549 g/mol. The normalized spacial score (nSPS) is 16.4.